The average Bonchev–Trinajstić information content (AvgIpc) is 2.23. The standard InChI is InChI=1S/C9H12ClN3O3S/c1-17(15,16)4-2-3-12-9(14)7-5-11-6-8(10)13-7/h5-6H,2-4H2,1H3,(H,12,14). The van der Waals surface area contributed by atoms with Gasteiger partial charge in [0.25, 0.3) is 5.91 Å². The van der Waals surface area contributed by atoms with Crippen LogP contribution in [0.4, 0.5) is 0 Å². The van der Waals surface area contributed by atoms with E-state index in [1.54, 1.807) is 0 Å². The molecule has 1 aromatic heterocycles. The van der Waals surface area contributed by atoms with Crippen LogP contribution in [0.3, 0.4) is 0 Å². The van der Waals surface area contributed by atoms with Crippen LogP contribution in [-0.2, 0) is 9.84 Å². The summed E-state index contributed by atoms with van der Waals surface area (Å²) in [6, 6.07) is 0. The van der Waals surface area contributed by atoms with E-state index in [0.717, 1.165) is 6.26 Å². The van der Waals surface area contributed by atoms with E-state index in [9.17, 15) is 13.2 Å². The third-order valence-electron chi connectivity index (χ3n) is 1.82. The van der Waals surface area contributed by atoms with E-state index in [1.165, 1.54) is 12.4 Å². The fourth-order valence-corrected chi connectivity index (χ4v) is 1.89. The number of aromatic nitrogens is 2. The van der Waals surface area contributed by atoms with Gasteiger partial charge in [-0.1, -0.05) is 11.6 Å². The second-order valence-corrected chi connectivity index (χ2v) is 6.11. The van der Waals surface area contributed by atoms with Gasteiger partial charge in [0.2, 0.25) is 0 Å². The monoisotopic (exact) mass is 277 g/mol. The highest BCUT2D eigenvalue weighted by molar-refractivity contribution is 7.90. The molecule has 1 rings (SSSR count). The lowest BCUT2D eigenvalue weighted by Crippen LogP contribution is -2.26. The van der Waals surface area contributed by atoms with Crippen molar-refractivity contribution < 1.29 is 13.2 Å². The van der Waals surface area contributed by atoms with Gasteiger partial charge in [-0.3, -0.25) is 9.78 Å². The molecule has 0 fully saturated rings. The second kappa shape index (κ2) is 5.92. The molecule has 8 heteroatoms. The summed E-state index contributed by atoms with van der Waals surface area (Å²) in [5.41, 5.74) is 0.108. The van der Waals surface area contributed by atoms with E-state index in [2.05, 4.69) is 15.3 Å². The first-order chi connectivity index (χ1) is 7.88. The molecule has 0 aliphatic heterocycles. The van der Waals surface area contributed by atoms with E-state index < -0.39 is 15.7 Å². The topological polar surface area (TPSA) is 89.0 Å². The van der Waals surface area contributed by atoms with Crippen LogP contribution in [0, 0.1) is 0 Å². The maximum atomic E-state index is 11.5. The Balaban J connectivity index is 2.41. The summed E-state index contributed by atoms with van der Waals surface area (Å²) in [6.45, 7) is 0.264. The highest BCUT2D eigenvalue weighted by atomic mass is 35.5. The Morgan fingerprint density at radius 2 is 2.18 bits per heavy atom. The molecule has 0 saturated carbocycles. The minimum absolute atomic E-state index is 0.0362. The quantitative estimate of drug-likeness (QED) is 0.782. The largest absolute Gasteiger partial charge is 0.351 e. The zero-order chi connectivity index (χ0) is 12.9. The lowest BCUT2D eigenvalue weighted by Gasteiger charge is -2.03. The number of sulfone groups is 1. The van der Waals surface area contributed by atoms with Gasteiger partial charge in [-0.05, 0) is 6.42 Å². The van der Waals surface area contributed by atoms with E-state index in [4.69, 9.17) is 11.6 Å². The van der Waals surface area contributed by atoms with Gasteiger partial charge in [0.1, 0.15) is 20.7 Å². The maximum absolute atomic E-state index is 11.5. The average molecular weight is 278 g/mol. The Kier molecular flexibility index (Phi) is 4.83. The predicted octanol–water partition coefficient (Wildman–Crippen LogP) is 0.295. The molecule has 0 aromatic carbocycles. The number of nitrogens with one attached hydrogen (secondary N) is 1. The van der Waals surface area contributed by atoms with Crippen molar-refractivity contribution in [3.05, 3.63) is 23.2 Å². The molecule has 6 nitrogen and oxygen atoms in total. The Bertz CT molecular complexity index is 504. The van der Waals surface area contributed by atoms with Crippen LogP contribution in [0.2, 0.25) is 5.15 Å². The predicted molar refractivity (Wildman–Crippen MR) is 63.7 cm³/mol. The number of nitrogens with zero attached hydrogens (tertiary/aromatic N) is 2. The molecule has 0 radical (unpaired) electrons. The molecule has 17 heavy (non-hydrogen) atoms. The van der Waals surface area contributed by atoms with Gasteiger partial charge in [0, 0.05) is 12.8 Å². The van der Waals surface area contributed by atoms with Crippen LogP contribution >= 0.6 is 11.6 Å². The van der Waals surface area contributed by atoms with Gasteiger partial charge >= 0.3 is 0 Å². The van der Waals surface area contributed by atoms with Gasteiger partial charge in [-0.15, -0.1) is 0 Å². The number of rotatable bonds is 5. The van der Waals surface area contributed by atoms with Gasteiger partial charge in [-0.2, -0.15) is 0 Å². The Hall–Kier alpha value is -1.21. The van der Waals surface area contributed by atoms with Crippen molar-refractivity contribution in [1.82, 2.24) is 15.3 Å². The molecular weight excluding hydrogens is 266 g/mol. The van der Waals surface area contributed by atoms with Crippen molar-refractivity contribution in [3.63, 3.8) is 0 Å². The summed E-state index contributed by atoms with van der Waals surface area (Å²) in [5, 5.41) is 2.67. The van der Waals surface area contributed by atoms with Crippen LogP contribution in [0.25, 0.3) is 0 Å². The summed E-state index contributed by atoms with van der Waals surface area (Å²) < 4.78 is 21.7. The molecular formula is C9H12ClN3O3S. The van der Waals surface area contributed by atoms with Crippen molar-refractivity contribution >= 4 is 27.3 Å². The van der Waals surface area contributed by atoms with Crippen LogP contribution in [0.15, 0.2) is 12.4 Å². The minimum atomic E-state index is -2.99. The van der Waals surface area contributed by atoms with Gasteiger partial charge < -0.3 is 5.32 Å². The smallest absolute Gasteiger partial charge is 0.271 e. The van der Waals surface area contributed by atoms with Crippen molar-refractivity contribution in [1.29, 1.82) is 0 Å². The molecule has 94 valence electrons. The molecule has 1 amide bonds. The molecule has 0 saturated heterocycles. The molecule has 0 atom stereocenters. The van der Waals surface area contributed by atoms with Crippen molar-refractivity contribution in [3.8, 4) is 0 Å². The Morgan fingerprint density at radius 3 is 2.76 bits per heavy atom. The third kappa shape index (κ3) is 5.60. The zero-order valence-electron chi connectivity index (χ0n) is 9.18. The fourth-order valence-electron chi connectivity index (χ4n) is 1.08. The number of carbonyl (C=O) groups is 1. The first-order valence-corrected chi connectivity index (χ1v) is 7.26. The number of hydrogen-bond donors (Lipinski definition) is 1. The second-order valence-electron chi connectivity index (χ2n) is 3.47. The normalized spacial score (nSPS) is 11.2. The lowest BCUT2D eigenvalue weighted by atomic mass is 10.4. The zero-order valence-corrected chi connectivity index (χ0v) is 10.8. The molecule has 0 unspecified atom stereocenters. The maximum Gasteiger partial charge on any atom is 0.271 e. The number of halogens is 1. The molecule has 0 spiro atoms. The summed E-state index contributed by atoms with van der Waals surface area (Å²) >= 11 is 5.58. The van der Waals surface area contributed by atoms with Crippen LogP contribution in [0.5, 0.6) is 0 Å². The minimum Gasteiger partial charge on any atom is -0.351 e. The van der Waals surface area contributed by atoms with Crippen LogP contribution in [-0.4, -0.2) is 42.8 Å². The Morgan fingerprint density at radius 1 is 1.47 bits per heavy atom. The van der Waals surface area contributed by atoms with Crippen molar-refractivity contribution in [2.24, 2.45) is 0 Å². The Labute approximate surface area is 104 Å². The van der Waals surface area contributed by atoms with E-state index in [1.807, 2.05) is 0 Å². The molecule has 0 aliphatic carbocycles. The molecule has 1 aromatic rings. The first-order valence-electron chi connectivity index (χ1n) is 4.82. The summed E-state index contributed by atoms with van der Waals surface area (Å²) in [4.78, 5) is 19.0. The van der Waals surface area contributed by atoms with Gasteiger partial charge in [0.05, 0.1) is 18.1 Å². The third-order valence-corrected chi connectivity index (χ3v) is 3.03. The van der Waals surface area contributed by atoms with E-state index in [-0.39, 0.29) is 23.1 Å². The molecule has 0 aliphatic rings. The van der Waals surface area contributed by atoms with Crippen molar-refractivity contribution in [2.75, 3.05) is 18.6 Å². The van der Waals surface area contributed by atoms with Gasteiger partial charge in [-0.25, -0.2) is 13.4 Å². The molecule has 1 N–H and O–H groups in total. The number of amides is 1. The van der Waals surface area contributed by atoms with Crippen LogP contribution in [0.1, 0.15) is 16.9 Å². The van der Waals surface area contributed by atoms with E-state index >= 15 is 0 Å². The van der Waals surface area contributed by atoms with E-state index in [0.29, 0.717) is 6.42 Å². The van der Waals surface area contributed by atoms with Gasteiger partial charge in [0.15, 0.2) is 0 Å². The number of hydrogen-bond acceptors (Lipinski definition) is 5. The lowest BCUT2D eigenvalue weighted by molar-refractivity contribution is 0.0948. The molecule has 1 heterocycles. The highest BCUT2D eigenvalue weighted by Crippen LogP contribution is 2.02. The summed E-state index contributed by atoms with van der Waals surface area (Å²) in [5.74, 6) is -0.386. The van der Waals surface area contributed by atoms with Crippen LogP contribution < -0.4 is 5.32 Å². The summed E-state index contributed by atoms with van der Waals surface area (Å²) in [6.07, 6.45) is 4.12. The first kappa shape index (κ1) is 13.9. The highest BCUT2D eigenvalue weighted by Gasteiger charge is 2.08. The fraction of sp³-hybridized carbons (Fsp3) is 0.444. The molecule has 0 bridgehead atoms. The summed E-state index contributed by atoms with van der Waals surface area (Å²) in [7, 11) is -2.99. The number of carbonyl (C=O) groups excluding carboxylic acids is 1. The SMILES string of the molecule is CS(=O)(=O)CCCNC(=O)c1cncc(Cl)n1. The van der Waals surface area contributed by atoms with Crippen molar-refractivity contribution in [2.45, 2.75) is 6.42 Å².